The second-order valence-electron chi connectivity index (χ2n) is 7.31. The van der Waals surface area contributed by atoms with E-state index in [2.05, 4.69) is 30.0 Å². The Morgan fingerprint density at radius 1 is 1.00 bits per heavy atom. The van der Waals surface area contributed by atoms with Crippen molar-refractivity contribution in [2.75, 3.05) is 26.1 Å². The molecular weight excluding hydrogens is 483 g/mol. The first-order valence-corrected chi connectivity index (χ1v) is 10.5. The Hall–Kier alpha value is -4.42. The smallest absolute Gasteiger partial charge is 0.491 e. The number of aryl methyl sites for hydroxylation is 1. The van der Waals surface area contributed by atoms with Gasteiger partial charge in [0, 0.05) is 11.5 Å². The molecule has 10 nitrogen and oxygen atoms in total. The molecule has 0 saturated carbocycles. The topological polar surface area (TPSA) is 118 Å². The first kappa shape index (κ1) is 24.7. The summed E-state index contributed by atoms with van der Waals surface area (Å²) >= 11 is 0. The lowest BCUT2D eigenvalue weighted by Crippen LogP contribution is -2.28. The number of benzene rings is 2. The van der Waals surface area contributed by atoms with Crippen LogP contribution in [0.5, 0.6) is 23.1 Å². The molecule has 0 spiro atoms. The van der Waals surface area contributed by atoms with E-state index < -0.39 is 18.0 Å². The third-order valence-corrected chi connectivity index (χ3v) is 4.98. The minimum atomic E-state index is -5.23. The Labute approximate surface area is 202 Å². The van der Waals surface area contributed by atoms with Gasteiger partial charge in [-0.15, -0.1) is 0 Å². The predicted molar refractivity (Wildman–Crippen MR) is 123 cm³/mol. The van der Waals surface area contributed by atoms with Crippen molar-refractivity contribution in [1.29, 1.82) is 0 Å². The summed E-state index contributed by atoms with van der Waals surface area (Å²) in [6.45, 7) is 3.64. The third-order valence-electron chi connectivity index (χ3n) is 4.98. The average Bonchev–Trinajstić information content (AvgIpc) is 2.83. The van der Waals surface area contributed by atoms with Gasteiger partial charge in [-0.2, -0.15) is 18.2 Å². The number of nitrogens with one attached hydrogen (secondary N) is 1. The highest BCUT2D eigenvalue weighted by Crippen LogP contribution is 2.35. The Balaban J connectivity index is 1.83. The number of rotatable bonds is 7. The van der Waals surface area contributed by atoms with Crippen LogP contribution in [0, 0.1) is 6.92 Å². The average molecular weight is 503 g/mol. The van der Waals surface area contributed by atoms with Gasteiger partial charge >= 0.3 is 12.1 Å². The summed E-state index contributed by atoms with van der Waals surface area (Å²) in [5, 5.41) is 3.44. The molecule has 2 aromatic heterocycles. The van der Waals surface area contributed by atoms with Crippen LogP contribution in [0.3, 0.4) is 0 Å². The number of fused-ring (bicyclic) bond motifs is 2. The van der Waals surface area contributed by atoms with Crippen LogP contribution in [0.1, 0.15) is 12.6 Å². The van der Waals surface area contributed by atoms with Crippen molar-refractivity contribution in [3.63, 3.8) is 0 Å². The molecule has 0 radical (unpaired) electrons. The fourth-order valence-corrected chi connectivity index (χ4v) is 3.42. The van der Waals surface area contributed by atoms with Gasteiger partial charge in [-0.25, -0.2) is 19.7 Å². The number of carbonyl (C=O) groups excluding carboxylic acids is 1. The van der Waals surface area contributed by atoms with Crippen LogP contribution in [0.4, 0.5) is 25.1 Å². The lowest BCUT2D eigenvalue weighted by molar-refractivity contribution is -0.189. The second-order valence-corrected chi connectivity index (χ2v) is 7.31. The Bertz CT molecular complexity index is 1460. The lowest BCUT2D eigenvalue weighted by atomic mass is 10.1. The highest BCUT2D eigenvalue weighted by atomic mass is 19.4. The van der Waals surface area contributed by atoms with Crippen LogP contribution >= 0.6 is 0 Å². The molecule has 0 atom stereocenters. The molecule has 188 valence electrons. The maximum atomic E-state index is 12.9. The van der Waals surface area contributed by atoms with E-state index in [0.29, 0.717) is 28.1 Å². The van der Waals surface area contributed by atoms with Crippen LogP contribution < -0.4 is 24.3 Å². The van der Waals surface area contributed by atoms with Crippen LogP contribution in [0.2, 0.25) is 0 Å². The summed E-state index contributed by atoms with van der Waals surface area (Å²) < 4.78 is 59.6. The zero-order valence-corrected chi connectivity index (χ0v) is 19.6. The molecule has 36 heavy (non-hydrogen) atoms. The Kier molecular flexibility index (Phi) is 6.64. The van der Waals surface area contributed by atoms with E-state index >= 15 is 0 Å². The van der Waals surface area contributed by atoms with Gasteiger partial charge in [-0.3, -0.25) is 5.32 Å². The molecule has 2 heterocycles. The monoisotopic (exact) mass is 503 g/mol. The van der Waals surface area contributed by atoms with E-state index in [1.165, 1.54) is 26.4 Å². The number of methoxy groups -OCH3 is 2. The van der Waals surface area contributed by atoms with Gasteiger partial charge in [0.2, 0.25) is 17.8 Å². The number of hydrogen-bond donors (Lipinski definition) is 1. The Morgan fingerprint density at radius 2 is 1.75 bits per heavy atom. The number of aromatic nitrogens is 4. The molecule has 0 aliphatic carbocycles. The summed E-state index contributed by atoms with van der Waals surface area (Å²) in [7, 11) is 2.99. The molecule has 0 unspecified atom stereocenters. The molecule has 0 saturated heterocycles. The maximum absolute atomic E-state index is 12.9. The van der Waals surface area contributed by atoms with Crippen molar-refractivity contribution in [2.45, 2.75) is 20.0 Å². The standard InChI is InChI=1S/C23H20F3N5O5/c1-5-35-15-8-6-7-14-17(15)19(36-20(32)23(24,25)26)30-22(28-14)31-21-27-11(2)13-9-12(33-3)10-16(34-4)18(13)29-21/h6-10H,5H2,1-4H3,(H,27,28,29,30,31). The van der Waals surface area contributed by atoms with Crippen molar-refractivity contribution in [3.8, 4) is 23.1 Å². The van der Waals surface area contributed by atoms with Gasteiger partial charge in [0.1, 0.15) is 28.2 Å². The lowest BCUT2D eigenvalue weighted by Gasteiger charge is -2.14. The number of hydrogen-bond acceptors (Lipinski definition) is 10. The fraction of sp³-hybridized carbons (Fsp3) is 0.261. The minimum Gasteiger partial charge on any atom is -0.497 e. The summed E-state index contributed by atoms with van der Waals surface area (Å²) in [6, 6.07) is 8.00. The van der Waals surface area contributed by atoms with Gasteiger partial charge in [-0.05, 0) is 32.0 Å². The number of carbonyl (C=O) groups is 1. The largest absolute Gasteiger partial charge is 0.497 e. The molecule has 4 rings (SSSR count). The highest BCUT2D eigenvalue weighted by Gasteiger charge is 2.42. The molecule has 0 fully saturated rings. The van der Waals surface area contributed by atoms with Crippen molar-refractivity contribution in [3.05, 3.63) is 36.0 Å². The van der Waals surface area contributed by atoms with Gasteiger partial charge in [0.25, 0.3) is 0 Å². The summed E-state index contributed by atoms with van der Waals surface area (Å²) in [6.07, 6.45) is -5.23. The maximum Gasteiger partial charge on any atom is 0.491 e. The first-order chi connectivity index (χ1) is 17.1. The predicted octanol–water partition coefficient (Wildman–Crippen LogP) is 4.51. The molecule has 1 N–H and O–H groups in total. The van der Waals surface area contributed by atoms with Crippen LogP contribution in [-0.2, 0) is 4.79 Å². The quantitative estimate of drug-likeness (QED) is 0.361. The molecule has 4 aromatic rings. The van der Waals surface area contributed by atoms with Crippen LogP contribution in [0.25, 0.3) is 21.8 Å². The van der Waals surface area contributed by atoms with Crippen LogP contribution in [0.15, 0.2) is 30.3 Å². The van der Waals surface area contributed by atoms with Gasteiger partial charge < -0.3 is 18.9 Å². The SMILES string of the molecule is CCOc1cccc2nc(Nc3nc(C)c4cc(OC)cc(OC)c4n3)nc(OC(=O)C(F)(F)F)c12. The summed E-state index contributed by atoms with van der Waals surface area (Å²) in [4.78, 5) is 28.7. The molecular formula is C23H20F3N5O5. The summed E-state index contributed by atoms with van der Waals surface area (Å²) in [5.74, 6) is -2.11. The summed E-state index contributed by atoms with van der Waals surface area (Å²) in [5.41, 5.74) is 1.18. The van der Waals surface area contributed by atoms with E-state index in [1.807, 2.05) is 0 Å². The van der Waals surface area contributed by atoms with Crippen molar-refractivity contribution in [1.82, 2.24) is 19.9 Å². The molecule has 0 bridgehead atoms. The fourth-order valence-electron chi connectivity index (χ4n) is 3.42. The van der Waals surface area contributed by atoms with Crippen molar-refractivity contribution < 1.29 is 36.9 Å². The number of halogens is 3. The molecule has 0 aliphatic rings. The van der Waals surface area contributed by atoms with E-state index in [1.54, 1.807) is 32.0 Å². The number of ether oxygens (including phenoxy) is 4. The normalized spacial score (nSPS) is 11.4. The molecule has 0 amide bonds. The van der Waals surface area contributed by atoms with Crippen LogP contribution in [-0.4, -0.2) is 52.9 Å². The van der Waals surface area contributed by atoms with E-state index in [9.17, 15) is 18.0 Å². The number of esters is 1. The van der Waals surface area contributed by atoms with E-state index in [0.717, 1.165) is 0 Å². The first-order valence-electron chi connectivity index (χ1n) is 10.5. The minimum absolute atomic E-state index is 0.00637. The van der Waals surface area contributed by atoms with Gasteiger partial charge in [-0.1, -0.05) is 6.07 Å². The van der Waals surface area contributed by atoms with Crippen molar-refractivity contribution in [2.24, 2.45) is 0 Å². The molecule has 13 heteroatoms. The number of alkyl halides is 3. The number of nitrogens with zero attached hydrogens (tertiary/aromatic N) is 4. The second kappa shape index (κ2) is 9.68. The molecule has 2 aromatic carbocycles. The van der Waals surface area contributed by atoms with Gasteiger partial charge in [0.15, 0.2) is 0 Å². The van der Waals surface area contributed by atoms with Gasteiger partial charge in [0.05, 0.1) is 32.0 Å². The van der Waals surface area contributed by atoms with Crippen molar-refractivity contribution >= 4 is 39.7 Å². The van der Waals surface area contributed by atoms with E-state index in [-0.39, 0.29) is 35.2 Å². The highest BCUT2D eigenvalue weighted by molar-refractivity contribution is 5.93. The molecule has 0 aliphatic heterocycles. The number of anilines is 2. The zero-order chi connectivity index (χ0) is 26.0. The zero-order valence-electron chi connectivity index (χ0n) is 19.6. The van der Waals surface area contributed by atoms with E-state index in [4.69, 9.17) is 14.2 Å². The third kappa shape index (κ3) is 4.85. The Morgan fingerprint density at radius 3 is 2.42 bits per heavy atom.